The smallest absolute Gasteiger partial charge is 0.310 e. The number of carbonyl (C=O) groups is 1. The summed E-state index contributed by atoms with van der Waals surface area (Å²) in [5.74, 6) is -2.44. The van der Waals surface area contributed by atoms with E-state index in [1.807, 2.05) is 0 Å². The van der Waals surface area contributed by atoms with Gasteiger partial charge in [0.2, 0.25) is 0 Å². The van der Waals surface area contributed by atoms with Gasteiger partial charge in [0, 0.05) is 10.5 Å². The van der Waals surface area contributed by atoms with Crippen LogP contribution in [0.4, 0.5) is 4.39 Å². The molecule has 0 aliphatic rings. The molecule has 1 rings (SSSR count). The van der Waals surface area contributed by atoms with Gasteiger partial charge in [-0.1, -0.05) is 12.1 Å². The third kappa shape index (κ3) is 2.01. The average Bonchev–Trinajstić information content (AvgIpc) is 2.08. The van der Waals surface area contributed by atoms with Gasteiger partial charge >= 0.3 is 5.97 Å². The van der Waals surface area contributed by atoms with Crippen molar-refractivity contribution in [3.05, 3.63) is 29.6 Å². The third-order valence-corrected chi connectivity index (χ3v) is 2.19. The van der Waals surface area contributed by atoms with E-state index in [0.29, 0.717) is 0 Å². The Bertz CT molecular complexity index is 338. The first kappa shape index (κ1) is 10.1. The molecule has 4 heteroatoms. The Hall–Kier alpha value is -1.03. The summed E-state index contributed by atoms with van der Waals surface area (Å²) in [4.78, 5) is 10.7. The van der Waals surface area contributed by atoms with Crippen LogP contribution in [0, 0.1) is 5.82 Å². The molecule has 0 fully saturated rings. The number of hydrogen-bond acceptors (Lipinski definition) is 2. The fourth-order valence-corrected chi connectivity index (χ4v) is 1.22. The van der Waals surface area contributed by atoms with E-state index in [4.69, 9.17) is 5.11 Å². The van der Waals surface area contributed by atoms with Gasteiger partial charge in [0.25, 0.3) is 0 Å². The minimum absolute atomic E-state index is 0.167. The number of rotatable bonds is 2. The molecule has 2 nitrogen and oxygen atoms in total. The number of benzene rings is 1. The minimum Gasteiger partial charge on any atom is -0.481 e. The van der Waals surface area contributed by atoms with Crippen LogP contribution < -0.4 is 0 Å². The molecule has 0 bridgehead atoms. The number of halogens is 1. The van der Waals surface area contributed by atoms with Crippen molar-refractivity contribution in [1.82, 2.24) is 0 Å². The van der Waals surface area contributed by atoms with Gasteiger partial charge in [-0.25, -0.2) is 4.39 Å². The lowest BCUT2D eigenvalue weighted by Gasteiger charge is -2.08. The van der Waals surface area contributed by atoms with Crippen LogP contribution in [0.3, 0.4) is 0 Å². The van der Waals surface area contributed by atoms with E-state index in [0.717, 1.165) is 0 Å². The van der Waals surface area contributed by atoms with E-state index in [-0.39, 0.29) is 10.5 Å². The molecule has 0 aromatic heterocycles. The average molecular weight is 200 g/mol. The van der Waals surface area contributed by atoms with Crippen molar-refractivity contribution in [2.75, 3.05) is 0 Å². The van der Waals surface area contributed by atoms with Crippen LogP contribution in [-0.2, 0) is 4.79 Å². The SMILES string of the molecule is CC(C(=O)O)c1cccc(S)c1F. The monoisotopic (exact) mass is 200 g/mol. The molecule has 70 valence electrons. The lowest BCUT2D eigenvalue weighted by Crippen LogP contribution is -2.09. The Morgan fingerprint density at radius 2 is 2.23 bits per heavy atom. The van der Waals surface area contributed by atoms with E-state index >= 15 is 0 Å². The van der Waals surface area contributed by atoms with Gasteiger partial charge in [0.1, 0.15) is 5.82 Å². The van der Waals surface area contributed by atoms with Crippen LogP contribution in [-0.4, -0.2) is 11.1 Å². The second kappa shape index (κ2) is 3.79. The summed E-state index contributed by atoms with van der Waals surface area (Å²) >= 11 is 3.86. The van der Waals surface area contributed by atoms with E-state index < -0.39 is 17.7 Å². The molecule has 1 unspecified atom stereocenters. The molecular weight excluding hydrogens is 191 g/mol. The highest BCUT2D eigenvalue weighted by Crippen LogP contribution is 2.23. The number of carboxylic acids is 1. The van der Waals surface area contributed by atoms with Crippen molar-refractivity contribution in [2.24, 2.45) is 0 Å². The van der Waals surface area contributed by atoms with Crippen molar-refractivity contribution >= 4 is 18.6 Å². The standard InChI is InChI=1S/C9H9FO2S/c1-5(9(11)12)6-3-2-4-7(13)8(6)10/h2-5,13H,1H3,(H,11,12). The molecule has 0 amide bonds. The van der Waals surface area contributed by atoms with Gasteiger partial charge in [-0.05, 0) is 13.0 Å². The summed E-state index contributed by atoms with van der Waals surface area (Å²) in [7, 11) is 0. The molecule has 0 heterocycles. The Kier molecular flexibility index (Phi) is 2.93. The second-order valence-electron chi connectivity index (χ2n) is 2.74. The molecule has 0 aliphatic carbocycles. The number of aliphatic carboxylic acids is 1. The quantitative estimate of drug-likeness (QED) is 0.719. The second-order valence-corrected chi connectivity index (χ2v) is 3.22. The van der Waals surface area contributed by atoms with E-state index in [9.17, 15) is 9.18 Å². The Morgan fingerprint density at radius 3 is 2.77 bits per heavy atom. The Labute approximate surface area is 80.8 Å². The predicted octanol–water partition coefficient (Wildman–Crippen LogP) is 2.30. The summed E-state index contributed by atoms with van der Waals surface area (Å²) in [6.45, 7) is 1.44. The highest BCUT2D eigenvalue weighted by atomic mass is 32.1. The molecule has 13 heavy (non-hydrogen) atoms. The van der Waals surface area contributed by atoms with Crippen LogP contribution in [0.2, 0.25) is 0 Å². The lowest BCUT2D eigenvalue weighted by atomic mass is 10.0. The van der Waals surface area contributed by atoms with Crippen molar-refractivity contribution in [3.63, 3.8) is 0 Å². The Morgan fingerprint density at radius 1 is 1.62 bits per heavy atom. The van der Waals surface area contributed by atoms with Gasteiger partial charge in [-0.3, -0.25) is 4.79 Å². The van der Waals surface area contributed by atoms with Gasteiger partial charge in [0.05, 0.1) is 5.92 Å². The molecule has 1 aromatic carbocycles. The number of carboxylic acid groups (broad SMARTS) is 1. The van der Waals surface area contributed by atoms with Crippen LogP contribution >= 0.6 is 12.6 Å². The van der Waals surface area contributed by atoms with Gasteiger partial charge in [0.15, 0.2) is 0 Å². The largest absolute Gasteiger partial charge is 0.481 e. The van der Waals surface area contributed by atoms with Crippen molar-refractivity contribution < 1.29 is 14.3 Å². The Balaban J connectivity index is 3.15. The summed E-state index contributed by atoms with van der Waals surface area (Å²) < 4.78 is 13.3. The molecule has 1 N–H and O–H groups in total. The van der Waals surface area contributed by atoms with Gasteiger partial charge in [-0.15, -0.1) is 12.6 Å². The van der Waals surface area contributed by atoms with Crippen LogP contribution in [0.5, 0.6) is 0 Å². The summed E-state index contributed by atoms with van der Waals surface area (Å²) in [6, 6.07) is 4.52. The van der Waals surface area contributed by atoms with Gasteiger partial charge < -0.3 is 5.11 Å². The first-order valence-electron chi connectivity index (χ1n) is 3.74. The maximum absolute atomic E-state index is 13.3. The first-order chi connectivity index (χ1) is 6.04. The maximum Gasteiger partial charge on any atom is 0.310 e. The summed E-state index contributed by atoms with van der Waals surface area (Å²) in [5, 5.41) is 8.66. The molecule has 0 saturated carbocycles. The highest BCUT2D eigenvalue weighted by Gasteiger charge is 2.18. The number of thiol groups is 1. The summed E-state index contributed by atoms with van der Waals surface area (Å²) in [5.41, 5.74) is 0.167. The molecule has 1 aromatic rings. The van der Waals surface area contributed by atoms with Gasteiger partial charge in [-0.2, -0.15) is 0 Å². The predicted molar refractivity (Wildman–Crippen MR) is 49.7 cm³/mol. The fourth-order valence-electron chi connectivity index (χ4n) is 1.00. The molecule has 0 spiro atoms. The molecular formula is C9H9FO2S. The first-order valence-corrected chi connectivity index (χ1v) is 4.19. The van der Waals surface area contributed by atoms with Crippen LogP contribution in [0.1, 0.15) is 18.4 Å². The normalized spacial score (nSPS) is 12.5. The molecule has 1 atom stereocenters. The lowest BCUT2D eigenvalue weighted by molar-refractivity contribution is -0.138. The highest BCUT2D eigenvalue weighted by molar-refractivity contribution is 7.80. The fraction of sp³-hybridized carbons (Fsp3) is 0.222. The molecule has 0 radical (unpaired) electrons. The maximum atomic E-state index is 13.3. The van der Waals surface area contributed by atoms with Crippen LogP contribution in [0.15, 0.2) is 23.1 Å². The zero-order valence-corrected chi connectivity index (χ0v) is 7.88. The third-order valence-electron chi connectivity index (χ3n) is 1.85. The zero-order valence-electron chi connectivity index (χ0n) is 6.99. The van der Waals surface area contributed by atoms with E-state index in [1.165, 1.54) is 19.1 Å². The number of hydrogen-bond donors (Lipinski definition) is 2. The topological polar surface area (TPSA) is 37.3 Å². The van der Waals surface area contributed by atoms with Crippen LogP contribution in [0.25, 0.3) is 0 Å². The minimum atomic E-state index is -1.04. The van der Waals surface area contributed by atoms with E-state index in [2.05, 4.69) is 12.6 Å². The van der Waals surface area contributed by atoms with Crippen molar-refractivity contribution in [2.45, 2.75) is 17.7 Å². The van der Waals surface area contributed by atoms with E-state index in [1.54, 1.807) is 6.07 Å². The molecule has 0 saturated heterocycles. The summed E-state index contributed by atoms with van der Waals surface area (Å²) in [6.07, 6.45) is 0. The molecule has 0 aliphatic heterocycles. The van der Waals surface area contributed by atoms with Crippen molar-refractivity contribution in [3.8, 4) is 0 Å². The zero-order chi connectivity index (χ0) is 10.0. The van der Waals surface area contributed by atoms with Crippen molar-refractivity contribution in [1.29, 1.82) is 0 Å².